The van der Waals surface area contributed by atoms with E-state index in [0.717, 1.165) is 48.1 Å². The van der Waals surface area contributed by atoms with Crippen LogP contribution in [-0.4, -0.2) is 24.1 Å². The maximum atomic E-state index is 13.1. The smallest absolute Gasteiger partial charge is 0.230 e. The molecule has 0 aliphatic carbocycles. The lowest BCUT2D eigenvalue weighted by Gasteiger charge is -2.16. The third-order valence-electron chi connectivity index (χ3n) is 4.07. The van der Waals surface area contributed by atoms with Crippen LogP contribution in [0.25, 0.3) is 0 Å². The predicted molar refractivity (Wildman–Crippen MR) is 97.0 cm³/mol. The lowest BCUT2D eigenvalue weighted by atomic mass is 10.2. The molecule has 0 bridgehead atoms. The Morgan fingerprint density at radius 1 is 1.12 bits per heavy atom. The van der Waals surface area contributed by atoms with Crippen molar-refractivity contribution in [3.63, 3.8) is 0 Å². The van der Waals surface area contributed by atoms with E-state index in [1.165, 1.54) is 6.07 Å². The van der Waals surface area contributed by atoms with Gasteiger partial charge in [0.15, 0.2) is 11.6 Å². The van der Waals surface area contributed by atoms with Gasteiger partial charge in [0.1, 0.15) is 0 Å². The summed E-state index contributed by atoms with van der Waals surface area (Å²) in [5.74, 6) is -1.77. The van der Waals surface area contributed by atoms with Gasteiger partial charge in [0, 0.05) is 30.1 Å². The van der Waals surface area contributed by atoms with Gasteiger partial charge in [-0.05, 0) is 42.3 Å². The molecule has 1 fully saturated rings. The summed E-state index contributed by atoms with van der Waals surface area (Å²) in [6.45, 7) is 1.11. The molecule has 1 aliphatic rings. The van der Waals surface area contributed by atoms with Gasteiger partial charge in [-0.2, -0.15) is 0 Å². The van der Waals surface area contributed by atoms with Crippen molar-refractivity contribution < 1.29 is 18.4 Å². The van der Waals surface area contributed by atoms with E-state index in [0.29, 0.717) is 17.9 Å². The van der Waals surface area contributed by atoms with Crippen LogP contribution in [0.1, 0.15) is 18.4 Å². The first kappa shape index (κ1) is 18.4. The van der Waals surface area contributed by atoms with Gasteiger partial charge in [-0.3, -0.25) is 9.59 Å². The molecule has 0 aromatic heterocycles. The molecular formula is C19H18F2N2O2S. The molecule has 0 atom stereocenters. The van der Waals surface area contributed by atoms with Crippen molar-refractivity contribution in [3.05, 3.63) is 59.7 Å². The van der Waals surface area contributed by atoms with Crippen LogP contribution < -0.4 is 10.2 Å². The van der Waals surface area contributed by atoms with E-state index in [1.807, 2.05) is 24.3 Å². The number of rotatable bonds is 6. The van der Waals surface area contributed by atoms with Crippen LogP contribution in [0.3, 0.4) is 0 Å². The number of hydrogen-bond donors (Lipinski definition) is 1. The minimum absolute atomic E-state index is 0.117. The lowest BCUT2D eigenvalue weighted by Crippen LogP contribution is -2.25. The molecule has 1 N–H and O–H groups in total. The van der Waals surface area contributed by atoms with Crippen molar-refractivity contribution in [1.82, 2.24) is 5.32 Å². The SMILES string of the molecule is O=C(CSc1ccc(F)c(F)c1)NCc1ccc(N2CCCC2=O)cc1. The number of carbonyl (C=O) groups excluding carboxylic acids is 2. The van der Waals surface area contributed by atoms with Crippen molar-refractivity contribution in [2.75, 3.05) is 17.2 Å². The number of halogens is 2. The minimum Gasteiger partial charge on any atom is -0.351 e. The molecule has 7 heteroatoms. The van der Waals surface area contributed by atoms with Gasteiger partial charge in [0.05, 0.1) is 5.75 Å². The number of nitrogens with zero attached hydrogens (tertiary/aromatic N) is 1. The fraction of sp³-hybridized carbons (Fsp3) is 0.263. The number of hydrogen-bond acceptors (Lipinski definition) is 3. The molecular weight excluding hydrogens is 358 g/mol. The molecule has 0 saturated carbocycles. The van der Waals surface area contributed by atoms with Gasteiger partial charge in [0.2, 0.25) is 11.8 Å². The molecule has 2 aromatic rings. The number of thioether (sulfide) groups is 1. The molecule has 26 heavy (non-hydrogen) atoms. The van der Waals surface area contributed by atoms with Crippen molar-refractivity contribution in [1.29, 1.82) is 0 Å². The Balaban J connectivity index is 1.46. The average Bonchev–Trinajstić information content (AvgIpc) is 3.07. The lowest BCUT2D eigenvalue weighted by molar-refractivity contribution is -0.119. The maximum absolute atomic E-state index is 13.1. The molecule has 3 rings (SSSR count). The Labute approximate surface area is 154 Å². The van der Waals surface area contributed by atoms with Crippen molar-refractivity contribution >= 4 is 29.3 Å². The molecule has 0 radical (unpaired) electrons. The van der Waals surface area contributed by atoms with E-state index in [4.69, 9.17) is 0 Å². The summed E-state index contributed by atoms with van der Waals surface area (Å²) in [4.78, 5) is 25.9. The van der Waals surface area contributed by atoms with E-state index in [9.17, 15) is 18.4 Å². The third-order valence-corrected chi connectivity index (χ3v) is 5.07. The first-order chi connectivity index (χ1) is 12.5. The van der Waals surface area contributed by atoms with Gasteiger partial charge < -0.3 is 10.2 Å². The monoisotopic (exact) mass is 376 g/mol. The van der Waals surface area contributed by atoms with Crippen LogP contribution in [-0.2, 0) is 16.1 Å². The Morgan fingerprint density at radius 2 is 1.88 bits per heavy atom. The molecule has 2 amide bonds. The molecule has 1 aliphatic heterocycles. The second-order valence-electron chi connectivity index (χ2n) is 5.96. The molecule has 1 saturated heterocycles. The number of amides is 2. The van der Waals surface area contributed by atoms with Crippen LogP contribution in [0.4, 0.5) is 14.5 Å². The van der Waals surface area contributed by atoms with Crippen LogP contribution in [0.5, 0.6) is 0 Å². The fourth-order valence-electron chi connectivity index (χ4n) is 2.68. The summed E-state index contributed by atoms with van der Waals surface area (Å²) in [5.41, 5.74) is 1.79. The van der Waals surface area contributed by atoms with E-state index in [1.54, 1.807) is 4.90 Å². The summed E-state index contributed by atoms with van der Waals surface area (Å²) >= 11 is 1.14. The highest BCUT2D eigenvalue weighted by atomic mass is 32.2. The summed E-state index contributed by atoms with van der Waals surface area (Å²) in [5, 5.41) is 2.78. The van der Waals surface area contributed by atoms with E-state index >= 15 is 0 Å². The van der Waals surface area contributed by atoms with Crippen LogP contribution >= 0.6 is 11.8 Å². The largest absolute Gasteiger partial charge is 0.351 e. The molecule has 0 unspecified atom stereocenters. The van der Waals surface area contributed by atoms with Crippen molar-refractivity contribution in [2.24, 2.45) is 0 Å². The highest BCUT2D eigenvalue weighted by molar-refractivity contribution is 8.00. The number of anilines is 1. The second-order valence-corrected chi connectivity index (χ2v) is 7.01. The molecule has 0 spiro atoms. The Morgan fingerprint density at radius 3 is 2.54 bits per heavy atom. The topological polar surface area (TPSA) is 49.4 Å². The highest BCUT2D eigenvalue weighted by Crippen LogP contribution is 2.22. The zero-order chi connectivity index (χ0) is 18.5. The summed E-state index contributed by atoms with van der Waals surface area (Å²) in [7, 11) is 0. The Hall–Kier alpha value is -2.41. The number of nitrogens with one attached hydrogen (secondary N) is 1. The average molecular weight is 376 g/mol. The number of carbonyl (C=O) groups is 2. The van der Waals surface area contributed by atoms with Crippen LogP contribution in [0, 0.1) is 11.6 Å². The Bertz CT molecular complexity index is 812. The predicted octanol–water partition coefficient (Wildman–Crippen LogP) is 3.50. The first-order valence-electron chi connectivity index (χ1n) is 8.27. The van der Waals surface area contributed by atoms with Gasteiger partial charge in [-0.15, -0.1) is 11.8 Å². The minimum atomic E-state index is -0.924. The van der Waals surface area contributed by atoms with Crippen molar-refractivity contribution in [3.8, 4) is 0 Å². The van der Waals surface area contributed by atoms with Crippen LogP contribution in [0.2, 0.25) is 0 Å². The zero-order valence-corrected chi connectivity index (χ0v) is 14.8. The van der Waals surface area contributed by atoms with Gasteiger partial charge in [-0.25, -0.2) is 8.78 Å². The van der Waals surface area contributed by atoms with E-state index < -0.39 is 11.6 Å². The summed E-state index contributed by atoms with van der Waals surface area (Å²) < 4.78 is 26.0. The molecule has 1 heterocycles. The quantitative estimate of drug-likeness (QED) is 0.785. The normalized spacial score (nSPS) is 13.9. The standard InChI is InChI=1S/C19H18F2N2O2S/c20-16-8-7-15(10-17(16)21)26-12-18(24)22-11-13-3-5-14(6-4-13)23-9-1-2-19(23)25/h3-8,10H,1-2,9,11-12H2,(H,22,24). The van der Waals surface area contributed by atoms with Gasteiger partial charge in [0.25, 0.3) is 0 Å². The van der Waals surface area contributed by atoms with Gasteiger partial charge in [-0.1, -0.05) is 12.1 Å². The zero-order valence-electron chi connectivity index (χ0n) is 14.0. The van der Waals surface area contributed by atoms with Crippen molar-refractivity contribution in [2.45, 2.75) is 24.3 Å². The maximum Gasteiger partial charge on any atom is 0.230 e. The fourth-order valence-corrected chi connectivity index (χ4v) is 3.43. The number of benzene rings is 2. The third kappa shape index (κ3) is 4.60. The first-order valence-corrected chi connectivity index (χ1v) is 9.25. The molecule has 136 valence electrons. The highest BCUT2D eigenvalue weighted by Gasteiger charge is 2.21. The van der Waals surface area contributed by atoms with E-state index in [-0.39, 0.29) is 17.6 Å². The molecule has 2 aromatic carbocycles. The summed E-state index contributed by atoms with van der Waals surface area (Å²) in [6.07, 6.45) is 1.47. The van der Waals surface area contributed by atoms with Crippen LogP contribution in [0.15, 0.2) is 47.4 Å². The van der Waals surface area contributed by atoms with E-state index in [2.05, 4.69) is 5.32 Å². The van der Waals surface area contributed by atoms with Gasteiger partial charge >= 0.3 is 0 Å². The molecule has 4 nitrogen and oxygen atoms in total. The second kappa shape index (κ2) is 8.31. The summed E-state index contributed by atoms with van der Waals surface area (Å²) in [6, 6.07) is 11.1. The Kier molecular flexibility index (Phi) is 5.88.